The molecule has 8 heteroatoms. The third-order valence-electron chi connectivity index (χ3n) is 3.14. The first-order chi connectivity index (χ1) is 10.0. The van der Waals surface area contributed by atoms with Crippen LogP contribution in [0.1, 0.15) is 17.3 Å². The van der Waals surface area contributed by atoms with Crippen molar-refractivity contribution in [2.45, 2.75) is 6.92 Å². The number of hydrogen-bond donors (Lipinski definition) is 0. The molecular formula is C13H15Cl2N3O3. The minimum absolute atomic E-state index is 0.167. The summed E-state index contributed by atoms with van der Waals surface area (Å²) in [5.41, 5.74) is 0.383. The Morgan fingerprint density at radius 3 is 2.43 bits per heavy atom. The maximum Gasteiger partial charge on any atom is 0.409 e. The summed E-state index contributed by atoms with van der Waals surface area (Å²) in [5.74, 6) is -0.176. The molecular weight excluding hydrogens is 317 g/mol. The molecule has 1 aliphatic rings. The van der Waals surface area contributed by atoms with Gasteiger partial charge in [0.1, 0.15) is 5.15 Å². The monoisotopic (exact) mass is 331 g/mol. The number of carbonyl (C=O) groups is 2. The van der Waals surface area contributed by atoms with Crippen LogP contribution in [-0.2, 0) is 4.74 Å². The molecule has 0 spiro atoms. The Labute approximate surface area is 132 Å². The van der Waals surface area contributed by atoms with E-state index in [1.54, 1.807) is 16.7 Å². The fourth-order valence-electron chi connectivity index (χ4n) is 2.03. The van der Waals surface area contributed by atoms with E-state index < -0.39 is 0 Å². The fraction of sp³-hybridized carbons (Fsp3) is 0.462. The SMILES string of the molecule is CCOC(=O)N1CCN(C(=O)c2cnc(Cl)c(Cl)c2)CC1. The van der Waals surface area contributed by atoms with Gasteiger partial charge in [0.05, 0.1) is 17.2 Å². The minimum Gasteiger partial charge on any atom is -0.450 e. The van der Waals surface area contributed by atoms with E-state index in [1.807, 2.05) is 0 Å². The van der Waals surface area contributed by atoms with Crippen molar-refractivity contribution in [2.75, 3.05) is 32.8 Å². The second-order valence-corrected chi connectivity index (χ2v) is 5.24. The van der Waals surface area contributed by atoms with E-state index in [-0.39, 0.29) is 22.2 Å². The predicted octanol–water partition coefficient (Wildman–Crippen LogP) is 2.30. The van der Waals surface area contributed by atoms with Crippen LogP contribution >= 0.6 is 23.2 Å². The quantitative estimate of drug-likeness (QED) is 0.780. The second-order valence-electron chi connectivity index (χ2n) is 4.47. The molecule has 1 aromatic heterocycles. The van der Waals surface area contributed by atoms with Crippen LogP contribution in [-0.4, -0.2) is 59.6 Å². The highest BCUT2D eigenvalue weighted by molar-refractivity contribution is 6.41. The van der Waals surface area contributed by atoms with Gasteiger partial charge in [-0.1, -0.05) is 23.2 Å². The van der Waals surface area contributed by atoms with Gasteiger partial charge in [-0.2, -0.15) is 0 Å². The van der Waals surface area contributed by atoms with Crippen molar-refractivity contribution in [3.63, 3.8) is 0 Å². The molecule has 2 rings (SSSR count). The van der Waals surface area contributed by atoms with Gasteiger partial charge >= 0.3 is 6.09 Å². The topological polar surface area (TPSA) is 62.7 Å². The number of aromatic nitrogens is 1. The zero-order chi connectivity index (χ0) is 15.4. The van der Waals surface area contributed by atoms with E-state index in [0.717, 1.165) is 0 Å². The summed E-state index contributed by atoms with van der Waals surface area (Å²) in [5, 5.41) is 0.410. The lowest BCUT2D eigenvalue weighted by atomic mass is 10.2. The number of pyridine rings is 1. The van der Waals surface area contributed by atoms with Crippen LogP contribution in [0.4, 0.5) is 4.79 Å². The maximum atomic E-state index is 12.3. The molecule has 0 radical (unpaired) electrons. The average molecular weight is 332 g/mol. The molecule has 6 nitrogen and oxygen atoms in total. The lowest BCUT2D eigenvalue weighted by Gasteiger charge is -2.34. The average Bonchev–Trinajstić information content (AvgIpc) is 2.50. The summed E-state index contributed by atoms with van der Waals surface area (Å²) in [7, 11) is 0. The van der Waals surface area contributed by atoms with Gasteiger partial charge in [-0.25, -0.2) is 9.78 Å². The number of amides is 2. The first-order valence-corrected chi connectivity index (χ1v) is 7.30. The highest BCUT2D eigenvalue weighted by atomic mass is 35.5. The van der Waals surface area contributed by atoms with Crippen molar-refractivity contribution in [1.29, 1.82) is 0 Å². The van der Waals surface area contributed by atoms with E-state index in [2.05, 4.69) is 4.98 Å². The standard InChI is InChI=1S/C13H15Cl2N3O3/c1-2-21-13(20)18-5-3-17(4-6-18)12(19)9-7-10(14)11(15)16-8-9/h7-8H,2-6H2,1H3. The smallest absolute Gasteiger partial charge is 0.409 e. The third kappa shape index (κ3) is 3.77. The molecule has 0 saturated carbocycles. The number of hydrogen-bond acceptors (Lipinski definition) is 4. The van der Waals surface area contributed by atoms with Crippen LogP contribution in [0.15, 0.2) is 12.3 Å². The Bertz CT molecular complexity index is 545. The summed E-state index contributed by atoms with van der Waals surface area (Å²) in [4.78, 5) is 31.0. The molecule has 2 amide bonds. The third-order valence-corrected chi connectivity index (χ3v) is 3.82. The van der Waals surface area contributed by atoms with E-state index in [1.165, 1.54) is 12.3 Å². The molecule has 1 aromatic rings. The highest BCUT2D eigenvalue weighted by Crippen LogP contribution is 2.20. The van der Waals surface area contributed by atoms with Crippen LogP contribution in [0, 0.1) is 0 Å². The van der Waals surface area contributed by atoms with Crippen molar-refractivity contribution in [3.8, 4) is 0 Å². The lowest BCUT2D eigenvalue weighted by Crippen LogP contribution is -2.50. The Hall–Kier alpha value is -1.53. The summed E-state index contributed by atoms with van der Waals surface area (Å²) < 4.78 is 4.93. The van der Waals surface area contributed by atoms with Gasteiger partial charge in [-0.15, -0.1) is 0 Å². The number of piperazine rings is 1. The highest BCUT2D eigenvalue weighted by Gasteiger charge is 2.25. The van der Waals surface area contributed by atoms with E-state index in [4.69, 9.17) is 27.9 Å². The first kappa shape index (κ1) is 15.9. The van der Waals surface area contributed by atoms with Crippen LogP contribution in [0.5, 0.6) is 0 Å². The normalized spacial score (nSPS) is 15.0. The number of ether oxygens (including phenoxy) is 1. The molecule has 0 aliphatic carbocycles. The summed E-state index contributed by atoms with van der Waals surface area (Å²) in [6.07, 6.45) is 1.05. The Morgan fingerprint density at radius 1 is 1.24 bits per heavy atom. The van der Waals surface area contributed by atoms with Crippen molar-refractivity contribution in [1.82, 2.24) is 14.8 Å². The van der Waals surface area contributed by atoms with Crippen molar-refractivity contribution in [3.05, 3.63) is 28.0 Å². The van der Waals surface area contributed by atoms with Crippen LogP contribution in [0.25, 0.3) is 0 Å². The molecule has 0 N–H and O–H groups in total. The molecule has 2 heterocycles. The van der Waals surface area contributed by atoms with Gasteiger partial charge in [0, 0.05) is 32.4 Å². The molecule has 0 atom stereocenters. The fourth-order valence-corrected chi connectivity index (χ4v) is 2.30. The van der Waals surface area contributed by atoms with Crippen molar-refractivity contribution >= 4 is 35.2 Å². The molecule has 21 heavy (non-hydrogen) atoms. The lowest BCUT2D eigenvalue weighted by molar-refractivity contribution is 0.0570. The Balaban J connectivity index is 1.97. The van der Waals surface area contributed by atoms with Crippen LogP contribution in [0.3, 0.4) is 0 Å². The second kappa shape index (κ2) is 6.95. The van der Waals surface area contributed by atoms with Gasteiger partial charge in [-0.05, 0) is 13.0 Å². The molecule has 0 bridgehead atoms. The summed E-state index contributed by atoms with van der Waals surface area (Å²) in [6.45, 7) is 3.87. The Morgan fingerprint density at radius 2 is 1.86 bits per heavy atom. The van der Waals surface area contributed by atoms with Gasteiger partial charge in [0.15, 0.2) is 0 Å². The van der Waals surface area contributed by atoms with Crippen molar-refractivity contribution < 1.29 is 14.3 Å². The van der Waals surface area contributed by atoms with Crippen LogP contribution < -0.4 is 0 Å². The maximum absolute atomic E-state index is 12.3. The van der Waals surface area contributed by atoms with Gasteiger partial charge in [-0.3, -0.25) is 4.79 Å². The van der Waals surface area contributed by atoms with Gasteiger partial charge in [0.25, 0.3) is 5.91 Å². The number of rotatable bonds is 2. The number of carbonyl (C=O) groups excluding carboxylic acids is 2. The zero-order valence-corrected chi connectivity index (χ0v) is 13.0. The molecule has 1 saturated heterocycles. The minimum atomic E-state index is -0.346. The number of nitrogens with zero attached hydrogens (tertiary/aromatic N) is 3. The Kier molecular flexibility index (Phi) is 5.25. The molecule has 114 valence electrons. The molecule has 0 aromatic carbocycles. The van der Waals surface area contributed by atoms with E-state index >= 15 is 0 Å². The van der Waals surface area contributed by atoms with Crippen molar-refractivity contribution in [2.24, 2.45) is 0 Å². The zero-order valence-electron chi connectivity index (χ0n) is 11.5. The summed E-state index contributed by atoms with van der Waals surface area (Å²) >= 11 is 11.6. The predicted molar refractivity (Wildman–Crippen MR) is 78.8 cm³/mol. The van der Waals surface area contributed by atoms with E-state index in [0.29, 0.717) is 38.3 Å². The van der Waals surface area contributed by atoms with Gasteiger partial charge < -0.3 is 14.5 Å². The van der Waals surface area contributed by atoms with Crippen LogP contribution in [0.2, 0.25) is 10.2 Å². The summed E-state index contributed by atoms with van der Waals surface area (Å²) in [6, 6.07) is 1.50. The molecule has 1 fully saturated rings. The molecule has 0 unspecified atom stereocenters. The number of halogens is 2. The largest absolute Gasteiger partial charge is 0.450 e. The van der Waals surface area contributed by atoms with Gasteiger partial charge in [0.2, 0.25) is 0 Å². The molecule has 1 aliphatic heterocycles. The first-order valence-electron chi connectivity index (χ1n) is 6.55. The van der Waals surface area contributed by atoms with E-state index in [9.17, 15) is 9.59 Å².